The van der Waals surface area contributed by atoms with E-state index < -0.39 is 0 Å². The molecule has 0 aliphatic rings. The molecule has 86 valence electrons. The summed E-state index contributed by atoms with van der Waals surface area (Å²) in [5.41, 5.74) is 14.8. The van der Waals surface area contributed by atoms with Gasteiger partial charge in [0.1, 0.15) is 0 Å². The molecule has 3 heteroatoms. The fourth-order valence-electron chi connectivity index (χ4n) is 2.36. The van der Waals surface area contributed by atoms with Crippen LogP contribution in [0.4, 0.5) is 0 Å². The Labute approximate surface area is 99.4 Å². The first-order valence-corrected chi connectivity index (χ1v) is 5.75. The Morgan fingerprint density at radius 3 is 2.53 bits per heavy atom. The van der Waals surface area contributed by atoms with Crippen LogP contribution >= 0.6 is 0 Å². The summed E-state index contributed by atoms with van der Waals surface area (Å²) in [7, 11) is 0. The van der Waals surface area contributed by atoms with E-state index in [0.29, 0.717) is 6.42 Å². The topological polar surface area (TPSA) is 67.8 Å². The van der Waals surface area contributed by atoms with Gasteiger partial charge < -0.3 is 16.5 Å². The Bertz CT molecular complexity index is 667. The molecule has 0 aliphatic heterocycles. The van der Waals surface area contributed by atoms with Crippen LogP contribution < -0.4 is 11.5 Å². The van der Waals surface area contributed by atoms with Gasteiger partial charge in [0.15, 0.2) is 0 Å². The summed E-state index contributed by atoms with van der Waals surface area (Å²) in [6.45, 7) is 0. The highest BCUT2D eigenvalue weighted by atomic mass is 14.8. The van der Waals surface area contributed by atoms with Crippen LogP contribution in [0.2, 0.25) is 0 Å². The lowest BCUT2D eigenvalue weighted by Crippen LogP contribution is -2.32. The summed E-state index contributed by atoms with van der Waals surface area (Å²) in [6.07, 6.45) is 0.372. The normalized spacial score (nSPS) is 11.7. The minimum Gasteiger partial charge on any atom is -0.354 e. The third-order valence-electron chi connectivity index (χ3n) is 3.08. The Morgan fingerprint density at radius 2 is 1.71 bits per heavy atom. The molecule has 0 atom stereocenters. The van der Waals surface area contributed by atoms with Crippen LogP contribution in [0.15, 0.2) is 42.5 Å². The first kappa shape index (κ1) is 10.3. The maximum absolute atomic E-state index is 5.67. The van der Waals surface area contributed by atoms with Gasteiger partial charge in [-0.25, -0.2) is 0 Å². The number of nitrogens with one attached hydrogen (secondary N) is 1. The van der Waals surface area contributed by atoms with Gasteiger partial charge in [-0.1, -0.05) is 36.4 Å². The number of aromatic nitrogens is 1. The van der Waals surface area contributed by atoms with E-state index in [2.05, 4.69) is 41.4 Å². The third-order valence-corrected chi connectivity index (χ3v) is 3.08. The van der Waals surface area contributed by atoms with Gasteiger partial charge in [0, 0.05) is 28.2 Å². The summed E-state index contributed by atoms with van der Waals surface area (Å²) in [4.78, 5) is 3.44. The second-order valence-corrected chi connectivity index (χ2v) is 4.38. The summed E-state index contributed by atoms with van der Waals surface area (Å²) in [5, 5.41) is 2.48. The van der Waals surface area contributed by atoms with Gasteiger partial charge in [-0.2, -0.15) is 0 Å². The molecule has 1 heterocycles. The SMILES string of the molecule is NC(N)Cc1cccc2c1[nH]c1ccccc12. The number of rotatable bonds is 2. The second-order valence-electron chi connectivity index (χ2n) is 4.38. The third kappa shape index (κ3) is 1.69. The van der Waals surface area contributed by atoms with Gasteiger partial charge in [0.05, 0.1) is 6.17 Å². The standard InChI is InChI=1S/C14H15N3/c15-13(16)8-9-4-3-6-11-10-5-1-2-7-12(10)17-14(9)11/h1-7,13,17H,8,15-16H2. The van der Waals surface area contributed by atoms with E-state index in [1.807, 2.05) is 6.07 Å². The summed E-state index contributed by atoms with van der Waals surface area (Å²) in [5.74, 6) is 0. The van der Waals surface area contributed by atoms with Gasteiger partial charge >= 0.3 is 0 Å². The lowest BCUT2D eigenvalue weighted by atomic mass is 10.1. The van der Waals surface area contributed by atoms with Crippen molar-refractivity contribution in [3.8, 4) is 0 Å². The number of nitrogens with two attached hydrogens (primary N) is 2. The molecule has 3 nitrogen and oxygen atoms in total. The zero-order valence-electron chi connectivity index (χ0n) is 9.48. The van der Waals surface area contributed by atoms with E-state index in [4.69, 9.17) is 11.5 Å². The maximum atomic E-state index is 5.67. The van der Waals surface area contributed by atoms with E-state index in [-0.39, 0.29) is 6.17 Å². The molecule has 0 saturated heterocycles. The molecular formula is C14H15N3. The second kappa shape index (κ2) is 3.87. The molecule has 0 aliphatic carbocycles. The summed E-state index contributed by atoms with van der Waals surface area (Å²) >= 11 is 0. The Balaban J connectivity index is 2.31. The monoisotopic (exact) mass is 225 g/mol. The lowest BCUT2D eigenvalue weighted by Gasteiger charge is -2.06. The average molecular weight is 225 g/mol. The fraction of sp³-hybridized carbons (Fsp3) is 0.143. The fourth-order valence-corrected chi connectivity index (χ4v) is 2.36. The smallest absolute Gasteiger partial charge is 0.0563 e. The number of fused-ring (bicyclic) bond motifs is 3. The highest BCUT2D eigenvalue weighted by molar-refractivity contribution is 6.08. The minimum atomic E-state index is -0.313. The van der Waals surface area contributed by atoms with Crippen molar-refractivity contribution in [2.24, 2.45) is 11.5 Å². The molecular weight excluding hydrogens is 210 g/mol. The Hall–Kier alpha value is -1.84. The molecule has 0 bridgehead atoms. The van der Waals surface area contributed by atoms with Crippen molar-refractivity contribution in [1.29, 1.82) is 0 Å². The van der Waals surface area contributed by atoms with E-state index in [1.165, 1.54) is 16.3 Å². The summed E-state index contributed by atoms with van der Waals surface area (Å²) in [6, 6.07) is 14.6. The van der Waals surface area contributed by atoms with Crippen LogP contribution in [0.5, 0.6) is 0 Å². The van der Waals surface area contributed by atoms with Crippen molar-refractivity contribution in [2.45, 2.75) is 12.6 Å². The maximum Gasteiger partial charge on any atom is 0.0563 e. The van der Waals surface area contributed by atoms with Crippen LogP contribution in [0.25, 0.3) is 21.8 Å². The molecule has 3 aromatic rings. The van der Waals surface area contributed by atoms with E-state index in [9.17, 15) is 0 Å². The van der Waals surface area contributed by atoms with Crippen LogP contribution in [-0.4, -0.2) is 11.1 Å². The molecule has 5 N–H and O–H groups in total. The molecule has 0 saturated carbocycles. The van der Waals surface area contributed by atoms with Gasteiger partial charge in [-0.05, 0) is 11.6 Å². The average Bonchev–Trinajstić information content (AvgIpc) is 2.68. The zero-order chi connectivity index (χ0) is 11.8. The van der Waals surface area contributed by atoms with E-state index >= 15 is 0 Å². The van der Waals surface area contributed by atoms with Crippen LogP contribution in [0, 0.1) is 0 Å². The van der Waals surface area contributed by atoms with Crippen molar-refractivity contribution in [3.05, 3.63) is 48.0 Å². The van der Waals surface area contributed by atoms with Crippen LogP contribution in [-0.2, 0) is 6.42 Å². The number of benzene rings is 2. The predicted octanol–water partition coefficient (Wildman–Crippen LogP) is 2.11. The Kier molecular flexibility index (Phi) is 2.35. The molecule has 3 rings (SSSR count). The molecule has 0 unspecified atom stereocenters. The molecule has 2 aromatic carbocycles. The van der Waals surface area contributed by atoms with E-state index in [0.717, 1.165) is 11.0 Å². The van der Waals surface area contributed by atoms with Crippen LogP contribution in [0.3, 0.4) is 0 Å². The lowest BCUT2D eigenvalue weighted by molar-refractivity contribution is 0.706. The van der Waals surface area contributed by atoms with E-state index in [1.54, 1.807) is 0 Å². The number of hydrogen-bond donors (Lipinski definition) is 3. The first-order chi connectivity index (χ1) is 8.25. The largest absolute Gasteiger partial charge is 0.354 e. The first-order valence-electron chi connectivity index (χ1n) is 5.75. The molecule has 0 fully saturated rings. The summed E-state index contributed by atoms with van der Waals surface area (Å²) < 4.78 is 0. The molecule has 0 radical (unpaired) electrons. The molecule has 17 heavy (non-hydrogen) atoms. The van der Waals surface area contributed by atoms with Crippen molar-refractivity contribution >= 4 is 21.8 Å². The molecule has 1 aromatic heterocycles. The van der Waals surface area contributed by atoms with Gasteiger partial charge in [0.2, 0.25) is 0 Å². The van der Waals surface area contributed by atoms with Crippen molar-refractivity contribution in [2.75, 3.05) is 0 Å². The molecule has 0 amide bonds. The quantitative estimate of drug-likeness (QED) is 0.585. The highest BCUT2D eigenvalue weighted by Gasteiger charge is 2.08. The molecule has 0 spiro atoms. The Morgan fingerprint density at radius 1 is 0.941 bits per heavy atom. The number of aromatic amines is 1. The predicted molar refractivity (Wildman–Crippen MR) is 71.7 cm³/mol. The van der Waals surface area contributed by atoms with Crippen LogP contribution in [0.1, 0.15) is 5.56 Å². The number of para-hydroxylation sites is 2. The van der Waals surface area contributed by atoms with Crippen molar-refractivity contribution in [1.82, 2.24) is 4.98 Å². The van der Waals surface area contributed by atoms with Gasteiger partial charge in [-0.15, -0.1) is 0 Å². The number of hydrogen-bond acceptors (Lipinski definition) is 2. The zero-order valence-corrected chi connectivity index (χ0v) is 9.48. The van der Waals surface area contributed by atoms with Gasteiger partial charge in [-0.3, -0.25) is 0 Å². The number of H-pyrrole nitrogens is 1. The minimum absolute atomic E-state index is 0.313. The van der Waals surface area contributed by atoms with Crippen molar-refractivity contribution in [3.63, 3.8) is 0 Å². The van der Waals surface area contributed by atoms with Gasteiger partial charge in [0.25, 0.3) is 0 Å². The highest BCUT2D eigenvalue weighted by Crippen LogP contribution is 2.27. The van der Waals surface area contributed by atoms with Crippen molar-refractivity contribution < 1.29 is 0 Å².